The third kappa shape index (κ3) is 4.14. The number of nitrogens with zero attached hydrogens (tertiary/aromatic N) is 3. The van der Waals surface area contributed by atoms with Gasteiger partial charge in [0.05, 0.1) is 18.3 Å². The first-order valence-electron chi connectivity index (χ1n) is 7.47. The maximum atomic E-state index is 5.83. The Morgan fingerprint density at radius 2 is 2.10 bits per heavy atom. The zero-order valence-corrected chi connectivity index (χ0v) is 13.4. The number of ether oxygens (including phenoxy) is 1. The Kier molecular flexibility index (Phi) is 5.52. The summed E-state index contributed by atoms with van der Waals surface area (Å²) in [6.07, 6.45) is 3.74. The Morgan fingerprint density at radius 3 is 2.76 bits per heavy atom. The fraction of sp³-hybridized carbons (Fsp3) is 0.667. The first-order chi connectivity index (χ1) is 10.0. The molecule has 1 aliphatic rings. The van der Waals surface area contributed by atoms with Crippen molar-refractivity contribution in [3.63, 3.8) is 0 Å². The van der Waals surface area contributed by atoms with E-state index in [9.17, 15) is 0 Å². The van der Waals surface area contributed by atoms with Gasteiger partial charge in [0, 0.05) is 31.9 Å². The van der Waals surface area contributed by atoms with Crippen LogP contribution in [0.15, 0.2) is 18.5 Å². The summed E-state index contributed by atoms with van der Waals surface area (Å²) in [6, 6.07) is 2.37. The summed E-state index contributed by atoms with van der Waals surface area (Å²) in [5.41, 5.74) is 4.01. The highest BCUT2D eigenvalue weighted by Gasteiger charge is 2.30. The molecular formula is C15H27N5O. The van der Waals surface area contributed by atoms with Gasteiger partial charge in [0.25, 0.3) is 0 Å². The second kappa shape index (κ2) is 7.17. The quantitative estimate of drug-likeness (QED) is 0.613. The zero-order chi connectivity index (χ0) is 15.4. The van der Waals surface area contributed by atoms with Gasteiger partial charge in [0.15, 0.2) is 0 Å². The van der Waals surface area contributed by atoms with Crippen molar-refractivity contribution in [3.8, 4) is 5.75 Å². The topological polar surface area (TPSA) is 66.7 Å². The van der Waals surface area contributed by atoms with Gasteiger partial charge in [-0.05, 0) is 39.6 Å². The molecule has 1 aromatic rings. The van der Waals surface area contributed by atoms with Crippen LogP contribution >= 0.6 is 0 Å². The Balaban J connectivity index is 2.20. The van der Waals surface area contributed by atoms with E-state index in [2.05, 4.69) is 34.3 Å². The summed E-state index contributed by atoms with van der Waals surface area (Å²) in [5.74, 6) is 6.62. The minimum absolute atomic E-state index is 0.0287. The fourth-order valence-electron chi connectivity index (χ4n) is 2.78. The fourth-order valence-corrected chi connectivity index (χ4v) is 2.78. The van der Waals surface area contributed by atoms with Crippen molar-refractivity contribution >= 4 is 0 Å². The van der Waals surface area contributed by atoms with Gasteiger partial charge in [0.1, 0.15) is 5.75 Å². The van der Waals surface area contributed by atoms with Crippen molar-refractivity contribution in [2.24, 2.45) is 5.84 Å². The van der Waals surface area contributed by atoms with Gasteiger partial charge in [-0.3, -0.25) is 21.2 Å². The molecule has 2 atom stereocenters. The Hall–Kier alpha value is -1.21. The van der Waals surface area contributed by atoms with Gasteiger partial charge >= 0.3 is 0 Å². The molecule has 1 aromatic heterocycles. The van der Waals surface area contributed by atoms with Crippen LogP contribution < -0.4 is 16.0 Å². The van der Waals surface area contributed by atoms with Gasteiger partial charge < -0.3 is 9.64 Å². The van der Waals surface area contributed by atoms with E-state index >= 15 is 0 Å². The number of rotatable bonds is 5. The van der Waals surface area contributed by atoms with Gasteiger partial charge in [-0.1, -0.05) is 0 Å². The molecule has 0 spiro atoms. The third-order valence-corrected chi connectivity index (χ3v) is 3.93. The lowest BCUT2D eigenvalue weighted by Gasteiger charge is -2.41. The Morgan fingerprint density at radius 1 is 1.33 bits per heavy atom. The lowest BCUT2D eigenvalue weighted by molar-refractivity contribution is 0.0874. The molecule has 0 aromatic carbocycles. The molecule has 0 amide bonds. The van der Waals surface area contributed by atoms with Crippen LogP contribution in [0.2, 0.25) is 0 Å². The molecule has 0 bridgehead atoms. The molecule has 6 nitrogen and oxygen atoms in total. The standard InChI is InChI=1S/C15H27N5O/c1-11(2)21-13-7-12(8-17-9-13)15(18-16)14-10-19(3)5-6-20(14)4/h7-9,11,14-15,18H,5-6,10,16H2,1-4H3. The van der Waals surface area contributed by atoms with Gasteiger partial charge in [-0.2, -0.15) is 0 Å². The van der Waals surface area contributed by atoms with Crippen molar-refractivity contribution in [1.82, 2.24) is 20.2 Å². The molecule has 2 unspecified atom stereocenters. The van der Waals surface area contributed by atoms with Crippen molar-refractivity contribution in [1.29, 1.82) is 0 Å². The molecule has 2 heterocycles. The molecule has 2 rings (SSSR count). The number of aromatic nitrogens is 1. The summed E-state index contributed by atoms with van der Waals surface area (Å²) in [7, 11) is 4.29. The number of hydrogen-bond donors (Lipinski definition) is 2. The molecule has 1 fully saturated rings. The van der Waals surface area contributed by atoms with Gasteiger partial charge in [-0.25, -0.2) is 0 Å². The van der Waals surface area contributed by atoms with Crippen LogP contribution in [0.1, 0.15) is 25.5 Å². The van der Waals surface area contributed by atoms with Crippen LogP contribution in [0.25, 0.3) is 0 Å². The smallest absolute Gasteiger partial charge is 0.138 e. The van der Waals surface area contributed by atoms with Crippen LogP contribution in [-0.2, 0) is 0 Å². The number of likely N-dealkylation sites (N-methyl/N-ethyl adjacent to an activating group) is 2. The second-order valence-corrected chi connectivity index (χ2v) is 6.08. The van der Waals surface area contributed by atoms with Crippen molar-refractivity contribution in [3.05, 3.63) is 24.0 Å². The summed E-state index contributed by atoms with van der Waals surface area (Å²) < 4.78 is 5.73. The Labute approximate surface area is 127 Å². The SMILES string of the molecule is CC(C)Oc1cncc(C(NN)C2CN(C)CCN2C)c1. The largest absolute Gasteiger partial charge is 0.489 e. The highest BCUT2D eigenvalue weighted by atomic mass is 16.5. The van der Waals surface area contributed by atoms with E-state index in [0.717, 1.165) is 30.9 Å². The molecule has 1 aliphatic heterocycles. The number of nitrogens with two attached hydrogens (primary N) is 1. The normalized spacial score (nSPS) is 22.5. The minimum atomic E-state index is 0.0287. The first kappa shape index (κ1) is 16.2. The van der Waals surface area contributed by atoms with E-state index in [1.807, 2.05) is 26.1 Å². The molecule has 3 N–H and O–H groups in total. The highest BCUT2D eigenvalue weighted by Crippen LogP contribution is 2.25. The average Bonchev–Trinajstić information content (AvgIpc) is 2.43. The zero-order valence-electron chi connectivity index (χ0n) is 13.4. The summed E-state index contributed by atoms with van der Waals surface area (Å²) in [6.45, 7) is 7.11. The summed E-state index contributed by atoms with van der Waals surface area (Å²) in [5, 5.41) is 0. The van der Waals surface area contributed by atoms with E-state index < -0.39 is 0 Å². The average molecular weight is 293 g/mol. The first-order valence-corrected chi connectivity index (χ1v) is 7.47. The van der Waals surface area contributed by atoms with E-state index in [1.54, 1.807) is 6.20 Å². The number of nitrogens with one attached hydrogen (secondary N) is 1. The van der Waals surface area contributed by atoms with E-state index in [4.69, 9.17) is 10.6 Å². The monoisotopic (exact) mass is 293 g/mol. The minimum Gasteiger partial charge on any atom is -0.489 e. The number of hydrogen-bond acceptors (Lipinski definition) is 6. The molecular weight excluding hydrogens is 266 g/mol. The maximum absolute atomic E-state index is 5.83. The predicted octanol–water partition coefficient (Wildman–Crippen LogP) is 0.619. The maximum Gasteiger partial charge on any atom is 0.138 e. The number of pyridine rings is 1. The van der Waals surface area contributed by atoms with Crippen LogP contribution in [0.5, 0.6) is 5.75 Å². The number of hydrazine groups is 1. The molecule has 0 radical (unpaired) electrons. The lowest BCUT2D eigenvalue weighted by atomic mass is 9.98. The van der Waals surface area contributed by atoms with E-state index in [-0.39, 0.29) is 12.1 Å². The van der Waals surface area contributed by atoms with Crippen molar-refractivity contribution < 1.29 is 4.74 Å². The predicted molar refractivity (Wildman–Crippen MR) is 84.0 cm³/mol. The molecule has 21 heavy (non-hydrogen) atoms. The summed E-state index contributed by atoms with van der Waals surface area (Å²) >= 11 is 0. The van der Waals surface area contributed by atoms with Crippen LogP contribution in [0.3, 0.4) is 0 Å². The molecule has 0 aliphatic carbocycles. The molecule has 1 saturated heterocycles. The third-order valence-electron chi connectivity index (χ3n) is 3.93. The molecule has 6 heteroatoms. The van der Waals surface area contributed by atoms with E-state index in [1.165, 1.54) is 0 Å². The molecule has 0 saturated carbocycles. The van der Waals surface area contributed by atoms with Crippen molar-refractivity contribution in [2.75, 3.05) is 33.7 Å². The Bertz CT molecular complexity index is 453. The summed E-state index contributed by atoms with van der Waals surface area (Å²) in [4.78, 5) is 8.97. The van der Waals surface area contributed by atoms with Gasteiger partial charge in [-0.15, -0.1) is 0 Å². The van der Waals surface area contributed by atoms with E-state index in [0.29, 0.717) is 6.04 Å². The van der Waals surface area contributed by atoms with Crippen LogP contribution in [0, 0.1) is 0 Å². The van der Waals surface area contributed by atoms with Crippen LogP contribution in [-0.4, -0.2) is 60.7 Å². The van der Waals surface area contributed by atoms with Crippen molar-refractivity contribution in [2.45, 2.75) is 32.0 Å². The molecule has 118 valence electrons. The lowest BCUT2D eigenvalue weighted by Crippen LogP contribution is -2.56. The van der Waals surface area contributed by atoms with Crippen LogP contribution in [0.4, 0.5) is 0 Å². The second-order valence-electron chi connectivity index (χ2n) is 6.08. The van der Waals surface area contributed by atoms with Gasteiger partial charge in [0.2, 0.25) is 0 Å². The number of piperazine rings is 1. The highest BCUT2D eigenvalue weighted by molar-refractivity contribution is 5.27.